The number of hydrogen-bond donors (Lipinski definition) is 2. The summed E-state index contributed by atoms with van der Waals surface area (Å²) in [6.45, 7) is 4.12. The van der Waals surface area contributed by atoms with Crippen molar-refractivity contribution >= 4 is 28.3 Å². The molecular formula is C23H24N4O4S. The number of anilines is 1. The van der Waals surface area contributed by atoms with Gasteiger partial charge in [0, 0.05) is 5.56 Å². The van der Waals surface area contributed by atoms with E-state index in [2.05, 4.69) is 20.8 Å². The van der Waals surface area contributed by atoms with Gasteiger partial charge in [-0.3, -0.25) is 14.9 Å². The first-order chi connectivity index (χ1) is 15.5. The van der Waals surface area contributed by atoms with E-state index in [-0.39, 0.29) is 30.9 Å². The van der Waals surface area contributed by atoms with Gasteiger partial charge in [-0.2, -0.15) is 0 Å². The molecule has 2 heterocycles. The van der Waals surface area contributed by atoms with Crippen LogP contribution in [0.25, 0.3) is 10.6 Å². The average molecular weight is 453 g/mol. The molecule has 0 aliphatic carbocycles. The maximum absolute atomic E-state index is 13.0. The Morgan fingerprint density at radius 1 is 1.09 bits per heavy atom. The maximum atomic E-state index is 13.0. The molecule has 0 fully saturated rings. The van der Waals surface area contributed by atoms with Gasteiger partial charge < -0.3 is 14.8 Å². The van der Waals surface area contributed by atoms with E-state index in [4.69, 9.17) is 9.47 Å². The zero-order valence-corrected chi connectivity index (χ0v) is 18.6. The first-order valence-corrected chi connectivity index (χ1v) is 11.2. The summed E-state index contributed by atoms with van der Waals surface area (Å²) in [5, 5.41) is 15.0. The van der Waals surface area contributed by atoms with Gasteiger partial charge >= 0.3 is 0 Å². The fraction of sp³-hybridized carbons (Fsp3) is 0.304. The largest absolute Gasteiger partial charge is 0.454 e. The lowest BCUT2D eigenvalue weighted by molar-refractivity contribution is -0.127. The second kappa shape index (κ2) is 9.78. The Kier molecular flexibility index (Phi) is 6.65. The number of aromatic nitrogens is 2. The van der Waals surface area contributed by atoms with Crippen LogP contribution in [-0.2, 0) is 16.0 Å². The quantitative estimate of drug-likeness (QED) is 0.541. The highest BCUT2D eigenvalue weighted by Crippen LogP contribution is 2.37. The summed E-state index contributed by atoms with van der Waals surface area (Å²) in [4.78, 5) is 25.5. The monoisotopic (exact) mass is 452 g/mol. The molecule has 166 valence electrons. The number of rotatable bonds is 8. The zero-order chi connectivity index (χ0) is 22.5. The van der Waals surface area contributed by atoms with Crippen molar-refractivity contribution < 1.29 is 19.1 Å². The van der Waals surface area contributed by atoms with Crippen LogP contribution in [0.1, 0.15) is 25.8 Å². The predicted octanol–water partition coefficient (Wildman–Crippen LogP) is 3.65. The summed E-state index contributed by atoms with van der Waals surface area (Å²) in [7, 11) is 0. The Labute approximate surface area is 190 Å². The van der Waals surface area contributed by atoms with Crippen LogP contribution in [0.4, 0.5) is 5.13 Å². The van der Waals surface area contributed by atoms with Gasteiger partial charge in [-0.15, -0.1) is 10.2 Å². The minimum Gasteiger partial charge on any atom is -0.454 e. The highest BCUT2D eigenvalue weighted by molar-refractivity contribution is 7.18. The third kappa shape index (κ3) is 5.05. The third-order valence-corrected chi connectivity index (χ3v) is 6.18. The molecule has 8 nitrogen and oxygen atoms in total. The molecule has 2 atom stereocenters. The van der Waals surface area contributed by atoms with Gasteiger partial charge in [0.2, 0.25) is 23.7 Å². The van der Waals surface area contributed by atoms with Crippen molar-refractivity contribution in [3.63, 3.8) is 0 Å². The number of carbonyl (C=O) groups excluding carboxylic acids is 2. The smallest absolute Gasteiger partial charge is 0.249 e. The highest BCUT2D eigenvalue weighted by Gasteiger charge is 2.27. The molecule has 32 heavy (non-hydrogen) atoms. The molecule has 9 heteroatoms. The van der Waals surface area contributed by atoms with Crippen LogP contribution in [0.15, 0.2) is 48.5 Å². The van der Waals surface area contributed by atoms with Crippen molar-refractivity contribution in [3.8, 4) is 22.1 Å². The molecule has 0 saturated heterocycles. The molecule has 0 spiro atoms. The summed E-state index contributed by atoms with van der Waals surface area (Å²) in [6, 6.07) is 14.3. The fourth-order valence-corrected chi connectivity index (χ4v) is 4.05. The van der Waals surface area contributed by atoms with E-state index in [1.165, 1.54) is 11.3 Å². The van der Waals surface area contributed by atoms with Crippen molar-refractivity contribution in [2.24, 2.45) is 5.92 Å². The number of fused-ring (bicyclic) bond motifs is 1. The number of carbonyl (C=O) groups is 2. The van der Waals surface area contributed by atoms with Crippen LogP contribution in [-0.4, -0.2) is 34.8 Å². The summed E-state index contributed by atoms with van der Waals surface area (Å²) in [5.74, 6) is 0.788. The average Bonchev–Trinajstić information content (AvgIpc) is 3.46. The molecule has 2 amide bonds. The summed E-state index contributed by atoms with van der Waals surface area (Å²) >= 11 is 1.25. The molecular weight excluding hydrogens is 428 g/mol. The Bertz CT molecular complexity index is 1100. The van der Waals surface area contributed by atoms with Crippen LogP contribution in [0.5, 0.6) is 11.5 Å². The van der Waals surface area contributed by atoms with Gasteiger partial charge in [0.05, 0.1) is 6.42 Å². The second-order valence-corrected chi connectivity index (χ2v) is 8.54. The van der Waals surface area contributed by atoms with Crippen molar-refractivity contribution in [3.05, 3.63) is 54.1 Å². The topological polar surface area (TPSA) is 102 Å². The Morgan fingerprint density at radius 3 is 2.66 bits per heavy atom. The van der Waals surface area contributed by atoms with Crippen LogP contribution < -0.4 is 20.1 Å². The van der Waals surface area contributed by atoms with Gasteiger partial charge in [0.1, 0.15) is 11.0 Å². The van der Waals surface area contributed by atoms with E-state index in [0.29, 0.717) is 21.6 Å². The van der Waals surface area contributed by atoms with Crippen molar-refractivity contribution in [1.82, 2.24) is 15.5 Å². The van der Waals surface area contributed by atoms with Crippen LogP contribution in [0, 0.1) is 5.92 Å². The Balaban J connectivity index is 1.42. The van der Waals surface area contributed by atoms with Crippen molar-refractivity contribution in [2.75, 3.05) is 12.1 Å². The van der Waals surface area contributed by atoms with Crippen LogP contribution in [0.3, 0.4) is 0 Å². The predicted molar refractivity (Wildman–Crippen MR) is 122 cm³/mol. The lowest BCUT2D eigenvalue weighted by Crippen LogP contribution is -2.48. The molecule has 3 aromatic rings. The molecule has 0 saturated carbocycles. The molecule has 1 aliphatic rings. The summed E-state index contributed by atoms with van der Waals surface area (Å²) < 4.78 is 10.7. The number of ether oxygens (including phenoxy) is 2. The Hall–Kier alpha value is -3.46. The zero-order valence-electron chi connectivity index (χ0n) is 17.8. The number of nitrogens with one attached hydrogen (secondary N) is 2. The standard InChI is InChI=1S/C23H24N4O4S/c1-3-14(2)20(24-19(28)11-15-7-5-4-6-8-15)21(29)25-23-27-26-22(32-23)16-9-10-17-18(12-16)31-13-30-17/h4-10,12,14,20H,3,11,13H2,1-2H3,(H,24,28)(H,25,27,29). The van der Waals surface area contributed by atoms with Gasteiger partial charge in [0.15, 0.2) is 11.5 Å². The molecule has 1 aliphatic heterocycles. The van der Waals surface area contributed by atoms with E-state index in [9.17, 15) is 9.59 Å². The lowest BCUT2D eigenvalue weighted by atomic mass is 9.98. The fourth-order valence-electron chi connectivity index (χ4n) is 3.31. The van der Waals surface area contributed by atoms with Gasteiger partial charge in [-0.05, 0) is 29.7 Å². The minimum atomic E-state index is -0.672. The van der Waals surface area contributed by atoms with Crippen LogP contribution in [0.2, 0.25) is 0 Å². The number of hydrogen-bond acceptors (Lipinski definition) is 7. The van der Waals surface area contributed by atoms with E-state index >= 15 is 0 Å². The van der Waals surface area contributed by atoms with E-state index < -0.39 is 6.04 Å². The maximum Gasteiger partial charge on any atom is 0.249 e. The molecule has 0 radical (unpaired) electrons. The SMILES string of the molecule is CCC(C)C(NC(=O)Cc1ccccc1)C(=O)Nc1nnc(-c2ccc3c(c2)OCO3)s1. The van der Waals surface area contributed by atoms with Crippen molar-refractivity contribution in [2.45, 2.75) is 32.7 Å². The minimum absolute atomic E-state index is 0.0454. The normalized spacial score (nSPS) is 13.9. The highest BCUT2D eigenvalue weighted by atomic mass is 32.1. The lowest BCUT2D eigenvalue weighted by Gasteiger charge is -2.23. The van der Waals surface area contributed by atoms with E-state index in [1.807, 2.05) is 62.4 Å². The second-order valence-electron chi connectivity index (χ2n) is 7.56. The third-order valence-electron chi connectivity index (χ3n) is 5.29. The number of benzene rings is 2. The van der Waals surface area contributed by atoms with E-state index in [1.54, 1.807) is 0 Å². The van der Waals surface area contributed by atoms with Gasteiger partial charge in [-0.25, -0.2) is 0 Å². The number of amides is 2. The number of nitrogens with zero attached hydrogens (tertiary/aromatic N) is 2. The molecule has 2 N–H and O–H groups in total. The molecule has 0 bridgehead atoms. The summed E-state index contributed by atoms with van der Waals surface area (Å²) in [6.07, 6.45) is 0.955. The van der Waals surface area contributed by atoms with Gasteiger partial charge in [-0.1, -0.05) is 61.9 Å². The van der Waals surface area contributed by atoms with E-state index in [0.717, 1.165) is 17.5 Å². The van der Waals surface area contributed by atoms with Crippen LogP contribution >= 0.6 is 11.3 Å². The first kappa shape index (κ1) is 21.8. The molecule has 1 aromatic heterocycles. The van der Waals surface area contributed by atoms with Gasteiger partial charge in [0.25, 0.3) is 0 Å². The molecule has 4 rings (SSSR count). The first-order valence-electron chi connectivity index (χ1n) is 10.4. The van der Waals surface area contributed by atoms with Crippen molar-refractivity contribution in [1.29, 1.82) is 0 Å². The summed E-state index contributed by atoms with van der Waals surface area (Å²) in [5.41, 5.74) is 1.72. The molecule has 2 unspecified atom stereocenters. The Morgan fingerprint density at radius 2 is 1.88 bits per heavy atom. The molecule has 2 aromatic carbocycles.